The number of thiocarbonyl (C=S) groups is 1. The molecule has 0 spiro atoms. The lowest BCUT2D eigenvalue weighted by atomic mass is 10.1. The van der Waals surface area contributed by atoms with Crippen LogP contribution in [0, 0.1) is 0 Å². The number of phenolic OH excluding ortho intramolecular Hbond substituents is 1. The van der Waals surface area contributed by atoms with E-state index in [0.29, 0.717) is 15.0 Å². The van der Waals surface area contributed by atoms with Crippen LogP contribution in [-0.4, -0.2) is 27.3 Å². The van der Waals surface area contributed by atoms with Crippen LogP contribution in [0.4, 0.5) is 0 Å². The predicted octanol–water partition coefficient (Wildman–Crippen LogP) is 4.36. The van der Waals surface area contributed by atoms with Crippen LogP contribution >= 0.6 is 24.0 Å². The Hall–Kier alpha value is -2.31. The zero-order chi connectivity index (χ0) is 18.0. The van der Waals surface area contributed by atoms with Gasteiger partial charge in [0, 0.05) is 0 Å². The number of carbonyl (C=O) groups excluding carboxylic acids is 1. The summed E-state index contributed by atoms with van der Waals surface area (Å²) in [7, 11) is 1.49. The number of ether oxygens (including phenoxy) is 1. The van der Waals surface area contributed by atoms with Gasteiger partial charge in [0.05, 0.1) is 18.1 Å². The van der Waals surface area contributed by atoms with Gasteiger partial charge in [-0.05, 0) is 36.3 Å². The molecule has 0 aromatic heterocycles. The first-order chi connectivity index (χ1) is 12.0. The average molecular weight is 371 g/mol. The predicted molar refractivity (Wildman–Crippen MR) is 105 cm³/mol. The van der Waals surface area contributed by atoms with Crippen LogP contribution in [0.2, 0.25) is 0 Å². The number of benzene rings is 2. The molecule has 6 heteroatoms. The highest BCUT2D eigenvalue weighted by Crippen LogP contribution is 2.38. The Balaban J connectivity index is 1.88. The van der Waals surface area contributed by atoms with Crippen LogP contribution in [-0.2, 0) is 4.79 Å². The van der Waals surface area contributed by atoms with Crippen LogP contribution in [0.1, 0.15) is 24.1 Å². The molecule has 1 fully saturated rings. The third kappa shape index (κ3) is 3.55. The largest absolute Gasteiger partial charge is 0.504 e. The highest BCUT2D eigenvalue weighted by molar-refractivity contribution is 8.26. The summed E-state index contributed by atoms with van der Waals surface area (Å²) in [5.74, 6) is 0.310. The molecule has 0 radical (unpaired) electrons. The van der Waals surface area contributed by atoms with Crippen molar-refractivity contribution in [2.24, 2.45) is 0 Å². The molecule has 0 bridgehead atoms. The van der Waals surface area contributed by atoms with Crippen molar-refractivity contribution in [3.8, 4) is 11.5 Å². The fraction of sp³-hybridized carbons (Fsp3) is 0.158. The van der Waals surface area contributed by atoms with Crippen LogP contribution in [0.25, 0.3) is 6.08 Å². The summed E-state index contributed by atoms with van der Waals surface area (Å²) < 4.78 is 5.65. The summed E-state index contributed by atoms with van der Waals surface area (Å²) in [4.78, 5) is 15.0. The van der Waals surface area contributed by atoms with Gasteiger partial charge in [0.2, 0.25) is 0 Å². The van der Waals surface area contributed by atoms with E-state index in [2.05, 4.69) is 0 Å². The van der Waals surface area contributed by atoms with Crippen LogP contribution in [0.3, 0.4) is 0 Å². The van der Waals surface area contributed by atoms with Crippen LogP contribution < -0.4 is 4.74 Å². The highest BCUT2D eigenvalue weighted by Gasteiger charge is 2.35. The number of nitrogens with zero attached hydrogens (tertiary/aromatic N) is 1. The smallest absolute Gasteiger partial charge is 0.266 e. The van der Waals surface area contributed by atoms with E-state index in [1.807, 2.05) is 37.3 Å². The average Bonchev–Trinajstić information content (AvgIpc) is 2.90. The van der Waals surface area contributed by atoms with E-state index in [-0.39, 0.29) is 17.7 Å². The number of carbonyl (C=O) groups is 1. The van der Waals surface area contributed by atoms with Crippen molar-refractivity contribution in [3.63, 3.8) is 0 Å². The summed E-state index contributed by atoms with van der Waals surface area (Å²) in [5.41, 5.74) is 1.80. The minimum Gasteiger partial charge on any atom is -0.504 e. The standard InChI is InChI=1S/C19H17NO3S2/c1-12(14-6-4-3-5-7-14)20-18(22)17(25-19(20)24)11-13-8-9-15(21)16(10-13)23-2/h3-12,21H,1-2H3/b17-11-/t12-/m1/s1. The maximum absolute atomic E-state index is 12.8. The van der Waals surface area contributed by atoms with E-state index in [0.717, 1.165) is 11.1 Å². The zero-order valence-corrected chi connectivity index (χ0v) is 15.4. The molecular formula is C19H17NO3S2. The minimum atomic E-state index is -0.131. The van der Waals surface area contributed by atoms with Crippen molar-refractivity contribution in [3.05, 3.63) is 64.6 Å². The number of aromatic hydroxyl groups is 1. The first-order valence-electron chi connectivity index (χ1n) is 7.70. The Bertz CT molecular complexity index is 849. The van der Waals surface area contributed by atoms with Gasteiger partial charge in [0.15, 0.2) is 11.5 Å². The summed E-state index contributed by atoms with van der Waals surface area (Å²) in [6.07, 6.45) is 1.76. The van der Waals surface area contributed by atoms with Gasteiger partial charge >= 0.3 is 0 Å². The van der Waals surface area contributed by atoms with Crippen molar-refractivity contribution >= 4 is 40.3 Å². The molecular weight excluding hydrogens is 354 g/mol. The Morgan fingerprint density at radius 1 is 1.24 bits per heavy atom. The number of hydrogen-bond acceptors (Lipinski definition) is 5. The molecule has 4 nitrogen and oxygen atoms in total. The summed E-state index contributed by atoms with van der Waals surface area (Å²) in [5, 5.41) is 9.68. The van der Waals surface area contributed by atoms with Gasteiger partial charge in [-0.1, -0.05) is 60.4 Å². The van der Waals surface area contributed by atoms with E-state index in [4.69, 9.17) is 17.0 Å². The third-order valence-corrected chi connectivity index (χ3v) is 5.32. The van der Waals surface area contributed by atoms with E-state index >= 15 is 0 Å². The van der Waals surface area contributed by atoms with Crippen molar-refractivity contribution < 1.29 is 14.6 Å². The lowest BCUT2D eigenvalue weighted by Gasteiger charge is -2.23. The quantitative estimate of drug-likeness (QED) is 0.639. The topological polar surface area (TPSA) is 49.8 Å². The van der Waals surface area contributed by atoms with Gasteiger partial charge in [-0.15, -0.1) is 0 Å². The van der Waals surface area contributed by atoms with Crippen molar-refractivity contribution in [1.82, 2.24) is 4.90 Å². The molecule has 1 atom stereocenters. The fourth-order valence-corrected chi connectivity index (χ4v) is 4.05. The normalized spacial score (nSPS) is 17.2. The number of hydrogen-bond donors (Lipinski definition) is 1. The van der Waals surface area contributed by atoms with Crippen LogP contribution in [0.5, 0.6) is 11.5 Å². The fourth-order valence-electron chi connectivity index (χ4n) is 2.63. The molecule has 1 aliphatic rings. The van der Waals surface area contributed by atoms with Crippen LogP contribution in [0.15, 0.2) is 53.4 Å². The second-order valence-electron chi connectivity index (χ2n) is 5.57. The Morgan fingerprint density at radius 2 is 1.96 bits per heavy atom. The zero-order valence-electron chi connectivity index (χ0n) is 13.8. The summed E-state index contributed by atoms with van der Waals surface area (Å²) in [6, 6.07) is 14.6. The molecule has 1 saturated heterocycles. The molecule has 0 unspecified atom stereocenters. The monoisotopic (exact) mass is 371 g/mol. The van der Waals surface area contributed by atoms with Crippen molar-refractivity contribution in [1.29, 1.82) is 0 Å². The van der Waals surface area contributed by atoms with E-state index in [1.165, 1.54) is 24.9 Å². The summed E-state index contributed by atoms with van der Waals surface area (Å²) in [6.45, 7) is 1.96. The first kappa shape index (κ1) is 17.5. The van der Waals surface area contributed by atoms with Crippen molar-refractivity contribution in [2.45, 2.75) is 13.0 Å². The number of amides is 1. The van der Waals surface area contributed by atoms with Crippen molar-refractivity contribution in [2.75, 3.05) is 7.11 Å². The molecule has 128 valence electrons. The molecule has 25 heavy (non-hydrogen) atoms. The molecule has 1 heterocycles. The summed E-state index contributed by atoms with van der Waals surface area (Å²) >= 11 is 6.70. The second kappa shape index (κ2) is 7.29. The minimum absolute atomic E-state index is 0.0601. The first-order valence-corrected chi connectivity index (χ1v) is 8.92. The Morgan fingerprint density at radius 3 is 2.64 bits per heavy atom. The van der Waals surface area contributed by atoms with Gasteiger partial charge < -0.3 is 9.84 Å². The molecule has 3 rings (SSSR count). The second-order valence-corrected chi connectivity index (χ2v) is 7.25. The van der Waals surface area contributed by atoms with Gasteiger partial charge in [-0.2, -0.15) is 0 Å². The number of phenols is 1. The molecule has 1 N–H and O–H groups in total. The van der Waals surface area contributed by atoms with Gasteiger partial charge in [0.25, 0.3) is 5.91 Å². The van der Waals surface area contributed by atoms with E-state index in [1.54, 1.807) is 23.1 Å². The molecule has 1 amide bonds. The Labute approximate surface area is 156 Å². The molecule has 0 saturated carbocycles. The molecule has 2 aromatic carbocycles. The third-order valence-electron chi connectivity index (χ3n) is 3.99. The number of rotatable bonds is 4. The van der Waals surface area contributed by atoms with Gasteiger partial charge in [-0.3, -0.25) is 9.69 Å². The maximum atomic E-state index is 12.8. The van der Waals surface area contributed by atoms with E-state index in [9.17, 15) is 9.90 Å². The van der Waals surface area contributed by atoms with Gasteiger partial charge in [-0.25, -0.2) is 0 Å². The highest BCUT2D eigenvalue weighted by atomic mass is 32.2. The molecule has 1 aliphatic heterocycles. The maximum Gasteiger partial charge on any atom is 0.266 e. The Kier molecular flexibility index (Phi) is 5.11. The number of thioether (sulfide) groups is 1. The molecule has 0 aliphatic carbocycles. The lowest BCUT2D eigenvalue weighted by molar-refractivity contribution is -0.123. The molecule has 2 aromatic rings. The lowest BCUT2D eigenvalue weighted by Crippen LogP contribution is -2.30. The number of methoxy groups -OCH3 is 1. The SMILES string of the molecule is COc1cc(/C=C2\SC(=S)N([C@H](C)c3ccccc3)C2=O)ccc1O. The van der Waals surface area contributed by atoms with Gasteiger partial charge in [0.1, 0.15) is 4.32 Å². The van der Waals surface area contributed by atoms with E-state index < -0.39 is 0 Å².